The van der Waals surface area contributed by atoms with E-state index in [1.165, 1.54) is 12.1 Å². The average Bonchev–Trinajstić information content (AvgIpc) is 2.78. The summed E-state index contributed by atoms with van der Waals surface area (Å²) in [7, 11) is -4.26. The molecule has 0 aliphatic carbocycles. The first-order valence-electron chi connectivity index (χ1n) is 7.35. The van der Waals surface area contributed by atoms with Crippen molar-refractivity contribution in [2.45, 2.75) is 57.0 Å². The Morgan fingerprint density at radius 3 is 2.00 bits per heavy atom. The Morgan fingerprint density at radius 1 is 1.08 bits per heavy atom. The Morgan fingerprint density at radius 2 is 1.60 bits per heavy atom. The standard InChI is InChI=1S/C15H22BrNO6S2/c1-14(2,3)22-11(18)9-17(13(19)23-15(4,5)6)25(20,21)12-8-7-10(16)24-12/h7-8H,9H2,1-6H3. The number of hydrogen-bond acceptors (Lipinski definition) is 7. The second kappa shape index (κ2) is 7.63. The molecule has 0 spiro atoms. The highest BCUT2D eigenvalue weighted by Gasteiger charge is 2.36. The molecular weight excluding hydrogens is 434 g/mol. The second-order valence-corrected chi connectivity index (χ2v) is 11.7. The van der Waals surface area contributed by atoms with Gasteiger partial charge in [-0.2, -0.15) is 12.7 Å². The number of hydrogen-bond donors (Lipinski definition) is 0. The molecule has 1 heterocycles. The molecule has 0 atom stereocenters. The van der Waals surface area contributed by atoms with E-state index in [-0.39, 0.29) is 4.21 Å². The highest BCUT2D eigenvalue weighted by molar-refractivity contribution is 9.11. The third-order valence-corrected chi connectivity index (χ3v) is 6.19. The zero-order valence-corrected chi connectivity index (χ0v) is 18.2. The van der Waals surface area contributed by atoms with Crippen LogP contribution in [0.2, 0.25) is 0 Å². The number of rotatable bonds is 4. The van der Waals surface area contributed by atoms with Crippen molar-refractivity contribution in [2.24, 2.45) is 0 Å². The first-order valence-corrected chi connectivity index (χ1v) is 10.4. The van der Waals surface area contributed by atoms with Crippen LogP contribution in [0.15, 0.2) is 20.1 Å². The smallest absolute Gasteiger partial charge is 0.424 e. The number of carbonyl (C=O) groups is 2. The van der Waals surface area contributed by atoms with Crippen molar-refractivity contribution in [3.05, 3.63) is 15.9 Å². The molecule has 1 aromatic heterocycles. The molecule has 0 radical (unpaired) electrons. The maximum Gasteiger partial charge on any atom is 0.424 e. The first kappa shape index (κ1) is 21.9. The fourth-order valence-electron chi connectivity index (χ4n) is 1.60. The molecule has 0 bridgehead atoms. The molecule has 1 rings (SSSR count). The first-order chi connectivity index (χ1) is 11.1. The van der Waals surface area contributed by atoms with Crippen LogP contribution < -0.4 is 0 Å². The van der Waals surface area contributed by atoms with E-state index in [1.807, 2.05) is 0 Å². The summed E-state index contributed by atoms with van der Waals surface area (Å²) < 4.78 is 36.7. The summed E-state index contributed by atoms with van der Waals surface area (Å²) in [6.45, 7) is 8.97. The van der Waals surface area contributed by atoms with Crippen LogP contribution in [0, 0.1) is 0 Å². The highest BCUT2D eigenvalue weighted by Crippen LogP contribution is 2.29. The summed E-state index contributed by atoms with van der Waals surface area (Å²) in [6.07, 6.45) is -1.14. The molecule has 1 aromatic rings. The molecule has 25 heavy (non-hydrogen) atoms. The van der Waals surface area contributed by atoms with Gasteiger partial charge in [0, 0.05) is 0 Å². The van der Waals surface area contributed by atoms with Gasteiger partial charge in [0.25, 0.3) is 10.0 Å². The average molecular weight is 456 g/mol. The summed E-state index contributed by atoms with van der Waals surface area (Å²) in [5.74, 6) is -0.849. The maximum atomic E-state index is 12.8. The van der Waals surface area contributed by atoms with Crippen molar-refractivity contribution in [1.82, 2.24) is 4.31 Å². The van der Waals surface area contributed by atoms with E-state index < -0.39 is 39.8 Å². The number of nitrogens with zero attached hydrogens (tertiary/aromatic N) is 1. The number of halogens is 1. The van der Waals surface area contributed by atoms with Crippen LogP contribution in [0.25, 0.3) is 0 Å². The largest absolute Gasteiger partial charge is 0.459 e. The zero-order valence-electron chi connectivity index (χ0n) is 15.0. The Hall–Kier alpha value is -1.13. The minimum Gasteiger partial charge on any atom is -0.459 e. The van der Waals surface area contributed by atoms with E-state index in [0.717, 1.165) is 11.3 Å². The van der Waals surface area contributed by atoms with Crippen LogP contribution in [-0.2, 0) is 24.3 Å². The van der Waals surface area contributed by atoms with Gasteiger partial charge in [-0.1, -0.05) is 0 Å². The second-order valence-electron chi connectivity index (χ2n) is 7.14. The molecule has 0 fully saturated rings. The minimum absolute atomic E-state index is 0.0891. The Kier molecular flexibility index (Phi) is 6.69. The van der Waals surface area contributed by atoms with Gasteiger partial charge in [0.1, 0.15) is 22.0 Å². The minimum atomic E-state index is -4.26. The normalized spacial score (nSPS) is 12.6. The van der Waals surface area contributed by atoms with Crippen LogP contribution in [0.1, 0.15) is 41.5 Å². The highest BCUT2D eigenvalue weighted by atomic mass is 79.9. The molecule has 0 unspecified atom stereocenters. The van der Waals surface area contributed by atoms with Gasteiger partial charge in [-0.25, -0.2) is 4.79 Å². The van der Waals surface area contributed by atoms with Crippen molar-refractivity contribution in [3.8, 4) is 0 Å². The summed E-state index contributed by atoms with van der Waals surface area (Å²) in [4.78, 5) is 24.5. The number of amides is 1. The molecule has 0 aliphatic heterocycles. The molecule has 10 heteroatoms. The molecule has 0 saturated carbocycles. The van der Waals surface area contributed by atoms with Crippen molar-refractivity contribution in [3.63, 3.8) is 0 Å². The van der Waals surface area contributed by atoms with E-state index in [4.69, 9.17) is 9.47 Å². The molecule has 0 saturated heterocycles. The fourth-order valence-corrected chi connectivity index (χ4v) is 4.96. The SMILES string of the molecule is CC(C)(C)OC(=O)CN(C(=O)OC(C)(C)C)S(=O)(=O)c1ccc(Br)s1. The van der Waals surface area contributed by atoms with Gasteiger partial charge in [-0.3, -0.25) is 4.79 Å². The molecule has 0 aromatic carbocycles. The van der Waals surface area contributed by atoms with Gasteiger partial charge < -0.3 is 9.47 Å². The third-order valence-electron chi connectivity index (χ3n) is 2.38. The van der Waals surface area contributed by atoms with Gasteiger partial charge in [-0.15, -0.1) is 11.3 Å². The van der Waals surface area contributed by atoms with Crippen LogP contribution in [0.5, 0.6) is 0 Å². The van der Waals surface area contributed by atoms with Crippen LogP contribution in [-0.4, -0.2) is 42.5 Å². The molecule has 1 amide bonds. The molecule has 0 N–H and O–H groups in total. The van der Waals surface area contributed by atoms with Crippen molar-refractivity contribution in [2.75, 3.05) is 6.54 Å². The van der Waals surface area contributed by atoms with Crippen molar-refractivity contribution >= 4 is 49.4 Å². The van der Waals surface area contributed by atoms with Gasteiger partial charge in [0.05, 0.1) is 3.79 Å². The quantitative estimate of drug-likeness (QED) is 0.641. The van der Waals surface area contributed by atoms with Crippen LogP contribution >= 0.6 is 27.3 Å². The Bertz CT molecular complexity index is 743. The van der Waals surface area contributed by atoms with Crippen molar-refractivity contribution in [1.29, 1.82) is 0 Å². The topological polar surface area (TPSA) is 90.0 Å². The monoisotopic (exact) mass is 455 g/mol. The predicted molar refractivity (Wildman–Crippen MR) is 98.0 cm³/mol. The lowest BCUT2D eigenvalue weighted by atomic mass is 10.2. The van der Waals surface area contributed by atoms with E-state index in [9.17, 15) is 18.0 Å². The lowest BCUT2D eigenvalue weighted by Gasteiger charge is -2.27. The third kappa shape index (κ3) is 6.95. The van der Waals surface area contributed by atoms with Crippen molar-refractivity contribution < 1.29 is 27.5 Å². The van der Waals surface area contributed by atoms with Gasteiger partial charge >= 0.3 is 12.1 Å². The molecule has 0 aliphatic rings. The lowest BCUT2D eigenvalue weighted by Crippen LogP contribution is -2.44. The fraction of sp³-hybridized carbons (Fsp3) is 0.600. The van der Waals surface area contributed by atoms with E-state index in [0.29, 0.717) is 8.09 Å². The van der Waals surface area contributed by atoms with E-state index >= 15 is 0 Å². The summed E-state index contributed by atoms with van der Waals surface area (Å²) in [5, 5.41) is 0. The number of esters is 1. The molecular formula is C15H22BrNO6S2. The van der Waals surface area contributed by atoms with Gasteiger partial charge in [-0.05, 0) is 69.6 Å². The van der Waals surface area contributed by atoms with Crippen LogP contribution in [0.3, 0.4) is 0 Å². The van der Waals surface area contributed by atoms with Gasteiger partial charge in [0.2, 0.25) is 0 Å². The van der Waals surface area contributed by atoms with Gasteiger partial charge in [0.15, 0.2) is 0 Å². The number of ether oxygens (including phenoxy) is 2. The molecule has 142 valence electrons. The lowest BCUT2D eigenvalue weighted by molar-refractivity contribution is -0.154. The maximum absolute atomic E-state index is 12.8. The molecule has 7 nitrogen and oxygen atoms in total. The Labute approximate surface area is 160 Å². The van der Waals surface area contributed by atoms with E-state index in [2.05, 4.69) is 15.9 Å². The number of thiophene rings is 1. The van der Waals surface area contributed by atoms with Crippen LogP contribution in [0.4, 0.5) is 4.79 Å². The summed E-state index contributed by atoms with van der Waals surface area (Å²) in [5.41, 5.74) is -1.73. The van der Waals surface area contributed by atoms with E-state index in [1.54, 1.807) is 41.5 Å². The Balaban J connectivity index is 3.19. The zero-order chi connectivity index (χ0) is 19.6. The summed E-state index contributed by atoms with van der Waals surface area (Å²) in [6, 6.07) is 2.88. The number of carbonyl (C=O) groups excluding carboxylic acids is 2. The predicted octanol–water partition coefficient (Wildman–Crippen LogP) is 3.78. The number of sulfonamides is 1. The summed E-state index contributed by atoms with van der Waals surface area (Å²) >= 11 is 4.10.